The molecule has 2 amide bonds. The van der Waals surface area contributed by atoms with Gasteiger partial charge in [-0.2, -0.15) is 18.4 Å². The number of halogens is 4. The summed E-state index contributed by atoms with van der Waals surface area (Å²) in [5.41, 5.74) is 1.16. The standard InChI is InChI=1S/C24H23F4N7O3/c25-16(13-36)10-32-23(38)18-11-30-20(35-4-1-15-5-14(8-29)9-31-22(15)35)6-19(18)33-17-2-3-34(12-17)21(37)7-24(26,27)28/h1,4-6,9,11,16-17,36H,2-3,7,10,12-13H2,(H,30,33)(H,32,38)/t16-,17-/m1/s1. The van der Waals surface area contributed by atoms with Gasteiger partial charge < -0.3 is 20.6 Å². The molecule has 1 fully saturated rings. The van der Waals surface area contributed by atoms with Gasteiger partial charge in [-0.25, -0.2) is 14.4 Å². The Morgan fingerprint density at radius 3 is 2.76 bits per heavy atom. The van der Waals surface area contributed by atoms with E-state index in [9.17, 15) is 27.2 Å². The van der Waals surface area contributed by atoms with Crippen molar-refractivity contribution in [3.63, 3.8) is 0 Å². The number of carbonyl (C=O) groups is 2. The summed E-state index contributed by atoms with van der Waals surface area (Å²) < 4.78 is 53.1. The van der Waals surface area contributed by atoms with Crippen LogP contribution in [0.15, 0.2) is 36.8 Å². The van der Waals surface area contributed by atoms with E-state index in [1.165, 1.54) is 18.5 Å². The van der Waals surface area contributed by atoms with Crippen molar-refractivity contribution in [2.24, 2.45) is 0 Å². The highest BCUT2D eigenvalue weighted by molar-refractivity contribution is 5.99. The van der Waals surface area contributed by atoms with Crippen molar-refractivity contribution >= 4 is 28.5 Å². The summed E-state index contributed by atoms with van der Waals surface area (Å²) in [4.78, 5) is 34.5. The maximum atomic E-state index is 13.5. The van der Waals surface area contributed by atoms with Crippen molar-refractivity contribution in [2.75, 3.05) is 31.6 Å². The Morgan fingerprint density at radius 1 is 1.26 bits per heavy atom. The number of amides is 2. The van der Waals surface area contributed by atoms with Crippen molar-refractivity contribution in [2.45, 2.75) is 31.2 Å². The average molecular weight is 533 g/mol. The number of nitriles is 1. The maximum Gasteiger partial charge on any atom is 0.397 e. The lowest BCUT2D eigenvalue weighted by Crippen LogP contribution is -2.35. The highest BCUT2D eigenvalue weighted by atomic mass is 19.4. The number of carbonyl (C=O) groups excluding carboxylic acids is 2. The highest BCUT2D eigenvalue weighted by Gasteiger charge is 2.36. The van der Waals surface area contributed by atoms with Gasteiger partial charge in [0.25, 0.3) is 5.91 Å². The van der Waals surface area contributed by atoms with Gasteiger partial charge in [0, 0.05) is 49.2 Å². The Kier molecular flexibility index (Phi) is 7.77. The molecular weight excluding hydrogens is 510 g/mol. The minimum Gasteiger partial charge on any atom is -0.393 e. The second kappa shape index (κ2) is 11.0. The molecule has 3 aromatic heterocycles. The summed E-state index contributed by atoms with van der Waals surface area (Å²) in [6.45, 7) is -1.10. The molecule has 3 aromatic rings. The molecule has 1 aliphatic rings. The maximum absolute atomic E-state index is 13.5. The van der Waals surface area contributed by atoms with Crippen LogP contribution in [0, 0.1) is 11.3 Å². The summed E-state index contributed by atoms with van der Waals surface area (Å²) in [5, 5.41) is 24.1. The number of aliphatic hydroxyl groups excluding tert-OH is 1. The van der Waals surface area contributed by atoms with Crippen LogP contribution in [0.3, 0.4) is 0 Å². The van der Waals surface area contributed by atoms with Gasteiger partial charge in [0.15, 0.2) is 0 Å². The fraction of sp³-hybridized carbons (Fsp3) is 0.375. The molecule has 0 bridgehead atoms. The van der Waals surface area contributed by atoms with Crippen LogP contribution in [-0.2, 0) is 4.79 Å². The number of hydrogen-bond donors (Lipinski definition) is 3. The fourth-order valence-corrected chi connectivity index (χ4v) is 4.12. The minimum absolute atomic E-state index is 0.00433. The lowest BCUT2D eigenvalue weighted by Gasteiger charge is -2.20. The van der Waals surface area contributed by atoms with E-state index in [1.54, 1.807) is 22.9 Å². The first kappa shape index (κ1) is 26.8. The normalized spacial score (nSPS) is 16.3. The molecule has 1 aliphatic heterocycles. The van der Waals surface area contributed by atoms with Crippen LogP contribution in [0.1, 0.15) is 28.8 Å². The number of nitrogens with zero attached hydrogens (tertiary/aromatic N) is 5. The van der Waals surface area contributed by atoms with E-state index in [4.69, 9.17) is 10.4 Å². The van der Waals surface area contributed by atoms with Crippen LogP contribution in [0.5, 0.6) is 0 Å². The Hall–Kier alpha value is -4.25. The van der Waals surface area contributed by atoms with Crippen molar-refractivity contribution < 1.29 is 32.3 Å². The van der Waals surface area contributed by atoms with Crippen LogP contribution in [0.25, 0.3) is 16.9 Å². The Morgan fingerprint density at radius 2 is 2.05 bits per heavy atom. The number of rotatable bonds is 8. The number of pyridine rings is 2. The van der Waals surface area contributed by atoms with E-state index in [0.717, 1.165) is 4.90 Å². The SMILES string of the molecule is N#Cc1cnc2c(ccn2-c2cc(N[C@@H]3CCN(C(=O)CC(F)(F)F)C3)c(C(=O)NC[C@@H](F)CO)cn2)c1. The summed E-state index contributed by atoms with van der Waals surface area (Å²) in [7, 11) is 0. The van der Waals surface area contributed by atoms with Crippen LogP contribution >= 0.6 is 0 Å². The van der Waals surface area contributed by atoms with Gasteiger partial charge in [0.1, 0.15) is 30.1 Å². The predicted molar refractivity (Wildman–Crippen MR) is 127 cm³/mol. The number of hydrogen-bond acceptors (Lipinski definition) is 7. The van der Waals surface area contributed by atoms with Gasteiger partial charge in [-0.3, -0.25) is 14.2 Å². The van der Waals surface area contributed by atoms with E-state index in [-0.39, 0.29) is 24.3 Å². The van der Waals surface area contributed by atoms with E-state index in [1.807, 2.05) is 6.07 Å². The first-order chi connectivity index (χ1) is 18.1. The molecule has 0 aliphatic carbocycles. The van der Waals surface area contributed by atoms with Gasteiger partial charge in [-0.15, -0.1) is 0 Å². The number of aliphatic hydroxyl groups is 1. The topological polar surface area (TPSA) is 136 Å². The minimum atomic E-state index is -4.61. The number of anilines is 1. The molecule has 4 rings (SSSR count). The lowest BCUT2D eigenvalue weighted by atomic mass is 10.1. The second-order valence-electron chi connectivity index (χ2n) is 8.77. The average Bonchev–Trinajstić information content (AvgIpc) is 3.53. The van der Waals surface area contributed by atoms with Gasteiger partial charge in [0.2, 0.25) is 5.91 Å². The second-order valence-corrected chi connectivity index (χ2v) is 8.77. The fourth-order valence-electron chi connectivity index (χ4n) is 4.12. The number of alkyl halides is 4. The van der Waals surface area contributed by atoms with E-state index >= 15 is 0 Å². The molecule has 0 radical (unpaired) electrons. The third-order valence-corrected chi connectivity index (χ3v) is 5.97. The van der Waals surface area contributed by atoms with E-state index in [2.05, 4.69) is 20.6 Å². The van der Waals surface area contributed by atoms with E-state index in [0.29, 0.717) is 28.8 Å². The summed E-state index contributed by atoms with van der Waals surface area (Å²) in [6, 6.07) is 6.47. The quantitative estimate of drug-likeness (QED) is 0.378. The van der Waals surface area contributed by atoms with E-state index < -0.39 is 49.8 Å². The Balaban J connectivity index is 1.61. The third-order valence-electron chi connectivity index (χ3n) is 5.97. The molecule has 10 nitrogen and oxygen atoms in total. The molecule has 0 saturated carbocycles. The zero-order chi connectivity index (χ0) is 27.4. The molecule has 4 heterocycles. The van der Waals surface area contributed by atoms with Gasteiger partial charge in [0.05, 0.1) is 30.0 Å². The molecule has 38 heavy (non-hydrogen) atoms. The van der Waals surface area contributed by atoms with Gasteiger partial charge >= 0.3 is 6.18 Å². The zero-order valence-corrected chi connectivity index (χ0v) is 19.9. The molecule has 14 heteroatoms. The van der Waals surface area contributed by atoms with Crippen LogP contribution in [0.2, 0.25) is 0 Å². The predicted octanol–water partition coefficient (Wildman–Crippen LogP) is 2.32. The third kappa shape index (κ3) is 6.17. The monoisotopic (exact) mass is 533 g/mol. The van der Waals surface area contributed by atoms with Crippen molar-refractivity contribution in [3.05, 3.63) is 47.9 Å². The number of fused-ring (bicyclic) bond motifs is 1. The summed E-state index contributed by atoms with van der Waals surface area (Å²) in [6.07, 6.45) is -3.16. The summed E-state index contributed by atoms with van der Waals surface area (Å²) in [5.74, 6) is -1.37. The molecule has 1 saturated heterocycles. The molecule has 0 aromatic carbocycles. The van der Waals surface area contributed by atoms with Gasteiger partial charge in [-0.05, 0) is 18.6 Å². The van der Waals surface area contributed by atoms with Crippen molar-refractivity contribution in [1.29, 1.82) is 5.26 Å². The summed E-state index contributed by atoms with van der Waals surface area (Å²) >= 11 is 0. The van der Waals surface area contributed by atoms with Crippen molar-refractivity contribution in [3.8, 4) is 11.9 Å². The molecule has 0 spiro atoms. The number of likely N-dealkylation sites (tertiary alicyclic amines) is 1. The Bertz CT molecular complexity index is 1390. The first-order valence-corrected chi connectivity index (χ1v) is 11.6. The lowest BCUT2D eigenvalue weighted by molar-refractivity contribution is -0.160. The van der Waals surface area contributed by atoms with Crippen molar-refractivity contribution in [1.82, 2.24) is 24.8 Å². The zero-order valence-electron chi connectivity index (χ0n) is 19.9. The largest absolute Gasteiger partial charge is 0.397 e. The Labute approximate surface area is 213 Å². The molecular formula is C24H23F4N7O3. The van der Waals surface area contributed by atoms with Crippen LogP contribution < -0.4 is 10.6 Å². The van der Waals surface area contributed by atoms with Gasteiger partial charge in [-0.1, -0.05) is 0 Å². The molecule has 2 atom stereocenters. The highest BCUT2D eigenvalue weighted by Crippen LogP contribution is 2.26. The molecule has 0 unspecified atom stereocenters. The van der Waals surface area contributed by atoms with Crippen LogP contribution in [-0.4, -0.2) is 81.0 Å². The smallest absolute Gasteiger partial charge is 0.393 e. The molecule has 3 N–H and O–H groups in total. The van der Waals surface area contributed by atoms with Crippen LogP contribution in [0.4, 0.5) is 23.2 Å². The number of nitrogens with one attached hydrogen (secondary N) is 2. The number of aromatic nitrogens is 3. The molecule has 200 valence electrons. The first-order valence-electron chi connectivity index (χ1n) is 11.6.